The van der Waals surface area contributed by atoms with Crippen molar-refractivity contribution in [3.05, 3.63) is 70.8 Å². The Bertz CT molecular complexity index is 633. The topological polar surface area (TPSA) is 41.1 Å². The molecule has 2 N–H and O–H groups in total. The first-order valence-corrected chi connectivity index (χ1v) is 7.17. The molecule has 3 nitrogen and oxygen atoms in total. The lowest BCUT2D eigenvalue weighted by atomic mass is 10.1. The zero-order valence-electron chi connectivity index (χ0n) is 12.1. The van der Waals surface area contributed by atoms with Crippen LogP contribution in [-0.2, 0) is 6.54 Å². The van der Waals surface area contributed by atoms with E-state index in [1.165, 1.54) is 5.56 Å². The van der Waals surface area contributed by atoms with E-state index in [2.05, 4.69) is 10.6 Å². The maximum Gasteiger partial charge on any atom is 0.257 e. The molecule has 2 aromatic carbocycles. The van der Waals surface area contributed by atoms with Crippen LogP contribution < -0.4 is 10.6 Å². The van der Waals surface area contributed by atoms with E-state index < -0.39 is 0 Å². The van der Waals surface area contributed by atoms with E-state index in [1.54, 1.807) is 12.1 Å². The molecule has 2 rings (SSSR count). The second kappa shape index (κ2) is 6.99. The molecule has 4 heteroatoms. The maximum atomic E-state index is 12.0. The molecular formula is C17H18N2OS. The summed E-state index contributed by atoms with van der Waals surface area (Å²) in [5.74, 6) is -0.198. The summed E-state index contributed by atoms with van der Waals surface area (Å²) in [7, 11) is 0. The van der Waals surface area contributed by atoms with Gasteiger partial charge in [-0.1, -0.05) is 47.5 Å². The van der Waals surface area contributed by atoms with Gasteiger partial charge >= 0.3 is 0 Å². The summed E-state index contributed by atoms with van der Waals surface area (Å²) in [5, 5.41) is 6.04. The minimum atomic E-state index is -0.198. The van der Waals surface area contributed by atoms with E-state index in [0.29, 0.717) is 17.2 Å². The summed E-state index contributed by atoms with van der Waals surface area (Å²) in [6.07, 6.45) is 0. The molecule has 1 amide bonds. The van der Waals surface area contributed by atoms with Crippen molar-refractivity contribution in [3.63, 3.8) is 0 Å². The third-order valence-corrected chi connectivity index (χ3v) is 3.36. The fraction of sp³-hybridized carbons (Fsp3) is 0.176. The monoisotopic (exact) mass is 298 g/mol. The SMILES string of the molecule is Cc1ccc(CNC(=S)NC(=O)c2ccc(C)cc2)cc1. The van der Waals surface area contributed by atoms with Crippen molar-refractivity contribution in [3.8, 4) is 0 Å². The van der Waals surface area contributed by atoms with Gasteiger partial charge in [0.05, 0.1) is 0 Å². The number of hydrogen-bond donors (Lipinski definition) is 2. The molecule has 2 aromatic rings. The Hall–Kier alpha value is -2.20. The van der Waals surface area contributed by atoms with Crippen molar-refractivity contribution >= 4 is 23.2 Å². The molecule has 0 spiro atoms. The quantitative estimate of drug-likeness (QED) is 0.856. The molecule has 108 valence electrons. The molecule has 0 saturated heterocycles. The Morgan fingerprint density at radius 3 is 2.05 bits per heavy atom. The number of thiocarbonyl (C=S) groups is 1. The lowest BCUT2D eigenvalue weighted by Gasteiger charge is -2.10. The van der Waals surface area contributed by atoms with Crippen LogP contribution in [0.25, 0.3) is 0 Å². The Balaban J connectivity index is 1.85. The molecular weight excluding hydrogens is 280 g/mol. The van der Waals surface area contributed by atoms with Crippen LogP contribution in [0.3, 0.4) is 0 Å². The molecule has 0 aliphatic heterocycles. The Kier molecular flexibility index (Phi) is 5.06. The number of nitrogens with one attached hydrogen (secondary N) is 2. The van der Waals surface area contributed by atoms with E-state index in [1.807, 2.05) is 50.2 Å². The molecule has 21 heavy (non-hydrogen) atoms. The van der Waals surface area contributed by atoms with Crippen molar-refractivity contribution in [2.24, 2.45) is 0 Å². The highest BCUT2D eigenvalue weighted by Crippen LogP contribution is 2.04. The van der Waals surface area contributed by atoms with Crippen molar-refractivity contribution in [2.75, 3.05) is 0 Å². The summed E-state index contributed by atoms with van der Waals surface area (Å²) in [5.41, 5.74) is 4.05. The fourth-order valence-electron chi connectivity index (χ4n) is 1.81. The number of carbonyl (C=O) groups is 1. The first-order valence-electron chi connectivity index (χ1n) is 6.76. The number of amides is 1. The first-order chi connectivity index (χ1) is 10.0. The van der Waals surface area contributed by atoms with Gasteiger partial charge in [0, 0.05) is 12.1 Å². The van der Waals surface area contributed by atoms with Crippen LogP contribution in [0.4, 0.5) is 0 Å². The third-order valence-electron chi connectivity index (χ3n) is 3.11. The summed E-state index contributed by atoms with van der Waals surface area (Å²) in [6.45, 7) is 4.62. The van der Waals surface area contributed by atoms with Gasteiger partial charge in [0.15, 0.2) is 5.11 Å². The lowest BCUT2D eigenvalue weighted by Crippen LogP contribution is -2.38. The molecule has 0 radical (unpaired) electrons. The predicted molar refractivity (Wildman–Crippen MR) is 89.3 cm³/mol. The maximum absolute atomic E-state index is 12.0. The number of benzene rings is 2. The summed E-state index contributed by atoms with van der Waals surface area (Å²) < 4.78 is 0. The van der Waals surface area contributed by atoms with Gasteiger partial charge in [-0.15, -0.1) is 0 Å². The van der Waals surface area contributed by atoms with Crippen molar-refractivity contribution < 1.29 is 4.79 Å². The van der Waals surface area contributed by atoms with Crippen LogP contribution in [0.2, 0.25) is 0 Å². The number of aryl methyl sites for hydroxylation is 2. The molecule has 0 unspecified atom stereocenters. The Labute approximate surface area is 130 Å². The van der Waals surface area contributed by atoms with Crippen LogP contribution in [0.1, 0.15) is 27.0 Å². The van der Waals surface area contributed by atoms with Crippen molar-refractivity contribution in [2.45, 2.75) is 20.4 Å². The summed E-state index contributed by atoms with van der Waals surface area (Å²) in [4.78, 5) is 12.0. The third kappa shape index (κ3) is 4.68. The summed E-state index contributed by atoms with van der Waals surface area (Å²) >= 11 is 5.14. The van der Waals surface area contributed by atoms with Crippen LogP contribution >= 0.6 is 12.2 Å². The van der Waals surface area contributed by atoms with Gasteiger partial charge in [0.25, 0.3) is 5.91 Å². The fourth-order valence-corrected chi connectivity index (χ4v) is 1.98. The van der Waals surface area contributed by atoms with Gasteiger partial charge < -0.3 is 5.32 Å². The van der Waals surface area contributed by atoms with Gasteiger partial charge in [-0.05, 0) is 43.8 Å². The van der Waals surface area contributed by atoms with E-state index in [4.69, 9.17) is 12.2 Å². The van der Waals surface area contributed by atoms with E-state index >= 15 is 0 Å². The highest BCUT2D eigenvalue weighted by molar-refractivity contribution is 7.80. The Morgan fingerprint density at radius 2 is 1.48 bits per heavy atom. The Morgan fingerprint density at radius 1 is 0.952 bits per heavy atom. The van der Waals surface area contributed by atoms with Gasteiger partial charge in [-0.25, -0.2) is 0 Å². The van der Waals surface area contributed by atoms with Crippen LogP contribution in [0, 0.1) is 13.8 Å². The van der Waals surface area contributed by atoms with Gasteiger partial charge in [0.1, 0.15) is 0 Å². The molecule has 0 fully saturated rings. The van der Waals surface area contributed by atoms with E-state index in [9.17, 15) is 4.79 Å². The highest BCUT2D eigenvalue weighted by atomic mass is 32.1. The molecule has 0 bridgehead atoms. The van der Waals surface area contributed by atoms with E-state index in [-0.39, 0.29) is 5.91 Å². The summed E-state index contributed by atoms with van der Waals surface area (Å²) in [6, 6.07) is 15.5. The molecule has 0 aliphatic rings. The normalized spacial score (nSPS) is 10.0. The second-order valence-electron chi connectivity index (χ2n) is 4.99. The predicted octanol–water partition coefficient (Wildman–Crippen LogP) is 3.11. The van der Waals surface area contributed by atoms with Crippen LogP contribution in [0.5, 0.6) is 0 Å². The standard InChI is InChI=1S/C17H18N2OS/c1-12-3-7-14(8-4-12)11-18-17(21)19-16(20)15-9-5-13(2)6-10-15/h3-10H,11H2,1-2H3,(H2,18,19,20,21). The number of hydrogen-bond acceptors (Lipinski definition) is 2. The number of carbonyl (C=O) groups excluding carboxylic acids is 1. The van der Waals surface area contributed by atoms with Crippen molar-refractivity contribution in [1.29, 1.82) is 0 Å². The van der Waals surface area contributed by atoms with E-state index in [0.717, 1.165) is 11.1 Å². The number of rotatable bonds is 3. The minimum Gasteiger partial charge on any atom is -0.358 e. The average Bonchev–Trinajstić information content (AvgIpc) is 2.47. The lowest BCUT2D eigenvalue weighted by molar-refractivity contribution is 0.0976. The van der Waals surface area contributed by atoms with Crippen LogP contribution in [-0.4, -0.2) is 11.0 Å². The zero-order chi connectivity index (χ0) is 15.2. The van der Waals surface area contributed by atoms with Gasteiger partial charge in [0.2, 0.25) is 0 Å². The minimum absolute atomic E-state index is 0.198. The average molecular weight is 298 g/mol. The van der Waals surface area contributed by atoms with Crippen LogP contribution in [0.15, 0.2) is 48.5 Å². The largest absolute Gasteiger partial charge is 0.358 e. The molecule has 0 saturated carbocycles. The molecule has 0 aliphatic carbocycles. The van der Waals surface area contributed by atoms with Gasteiger partial charge in [-0.2, -0.15) is 0 Å². The molecule has 0 aromatic heterocycles. The van der Waals surface area contributed by atoms with Gasteiger partial charge in [-0.3, -0.25) is 10.1 Å². The first kappa shape index (κ1) is 15.2. The second-order valence-corrected chi connectivity index (χ2v) is 5.40. The molecule has 0 atom stereocenters. The van der Waals surface area contributed by atoms with Crippen molar-refractivity contribution in [1.82, 2.24) is 10.6 Å². The smallest absolute Gasteiger partial charge is 0.257 e. The zero-order valence-corrected chi connectivity index (χ0v) is 13.0. The highest BCUT2D eigenvalue weighted by Gasteiger charge is 2.07. The molecule has 0 heterocycles.